The molecule has 172 valence electrons. The Labute approximate surface area is 176 Å². The van der Waals surface area contributed by atoms with Crippen LogP contribution in [0.15, 0.2) is 58.4 Å². The van der Waals surface area contributed by atoms with Gasteiger partial charge in [0.15, 0.2) is 5.76 Å². The minimum atomic E-state index is -4.91. The van der Waals surface area contributed by atoms with Crippen LogP contribution >= 0.6 is 0 Å². The average Bonchev–Trinajstić information content (AvgIpc) is 2.68. The van der Waals surface area contributed by atoms with E-state index < -0.39 is 53.3 Å². The zero-order valence-corrected chi connectivity index (χ0v) is 16.1. The zero-order valence-electron chi connectivity index (χ0n) is 16.1. The van der Waals surface area contributed by atoms with Crippen molar-refractivity contribution in [2.75, 3.05) is 6.61 Å². The number of hydrogen-bond donors (Lipinski definition) is 1. The lowest BCUT2D eigenvalue weighted by atomic mass is 10.1. The summed E-state index contributed by atoms with van der Waals surface area (Å²) in [6.07, 6.45) is -4.91. The van der Waals surface area contributed by atoms with Crippen LogP contribution in [0, 0.1) is 5.82 Å². The number of esters is 1. The van der Waals surface area contributed by atoms with Crippen LogP contribution in [0.1, 0.15) is 12.5 Å². The van der Waals surface area contributed by atoms with Crippen molar-refractivity contribution >= 4 is 17.4 Å². The molecular formula is C19H14F6N2O5. The third kappa shape index (κ3) is 6.89. The second-order valence-electron chi connectivity index (χ2n) is 5.65. The van der Waals surface area contributed by atoms with Gasteiger partial charge in [0, 0.05) is 0 Å². The molecule has 0 aliphatic carbocycles. The minimum Gasteiger partial charge on any atom is -0.505 e. The fourth-order valence-electron chi connectivity index (χ4n) is 2.25. The van der Waals surface area contributed by atoms with E-state index in [0.29, 0.717) is 0 Å². The van der Waals surface area contributed by atoms with Crippen molar-refractivity contribution in [1.29, 1.82) is 0 Å². The highest BCUT2D eigenvalue weighted by atomic mass is 19.4. The number of azo groups is 1. The number of hydrogen-bond acceptors (Lipinski definition) is 7. The Morgan fingerprint density at radius 1 is 1.12 bits per heavy atom. The molecular weight excluding hydrogens is 450 g/mol. The molecule has 0 radical (unpaired) electrons. The number of halogens is 6. The number of carbonyl (C=O) groups excluding carboxylic acids is 1. The number of alkyl halides is 5. The number of rotatable bonds is 8. The predicted molar refractivity (Wildman–Crippen MR) is 96.9 cm³/mol. The van der Waals surface area contributed by atoms with Gasteiger partial charge >= 0.3 is 18.9 Å². The Morgan fingerprint density at radius 3 is 2.34 bits per heavy atom. The van der Waals surface area contributed by atoms with Crippen molar-refractivity contribution in [3.8, 4) is 11.5 Å². The highest BCUT2D eigenvalue weighted by molar-refractivity contribution is 5.96. The molecule has 0 amide bonds. The van der Waals surface area contributed by atoms with Crippen LogP contribution in [0.25, 0.3) is 5.76 Å². The van der Waals surface area contributed by atoms with E-state index in [4.69, 9.17) is 4.74 Å². The largest absolute Gasteiger partial charge is 0.573 e. The summed E-state index contributed by atoms with van der Waals surface area (Å²) in [5.41, 5.74) is -1.96. The third-order valence-electron chi connectivity index (χ3n) is 3.46. The van der Waals surface area contributed by atoms with Crippen molar-refractivity contribution < 1.29 is 50.5 Å². The summed E-state index contributed by atoms with van der Waals surface area (Å²) >= 11 is 0. The number of aliphatic hydroxyl groups excluding tert-OH is 1. The van der Waals surface area contributed by atoms with Gasteiger partial charge in [0.1, 0.15) is 17.3 Å². The van der Waals surface area contributed by atoms with E-state index in [9.17, 15) is 36.2 Å². The Morgan fingerprint density at radius 2 is 1.78 bits per heavy atom. The van der Waals surface area contributed by atoms with Crippen molar-refractivity contribution in [2.45, 2.75) is 19.9 Å². The lowest BCUT2D eigenvalue weighted by Crippen LogP contribution is -2.16. The molecule has 13 heteroatoms. The van der Waals surface area contributed by atoms with E-state index >= 15 is 0 Å². The quantitative estimate of drug-likeness (QED) is 0.173. The standard InChI is InChI=1S/C19H14F6N2O5/c1-2-30-17(29)15(16(28)14-12(20)4-3-5-13(14)31-18(21)22)27-26-10-6-8-11(9-7-10)32-19(23,24)25/h3-9,18,28H,2H2,1H3. The summed E-state index contributed by atoms with van der Waals surface area (Å²) in [7, 11) is 0. The molecule has 0 heterocycles. The van der Waals surface area contributed by atoms with E-state index in [2.05, 4.69) is 19.7 Å². The summed E-state index contributed by atoms with van der Waals surface area (Å²) in [6, 6.07) is 6.64. The van der Waals surface area contributed by atoms with E-state index in [-0.39, 0.29) is 12.3 Å². The Kier molecular flexibility index (Phi) is 8.04. The molecule has 0 saturated heterocycles. The summed E-state index contributed by atoms with van der Waals surface area (Å²) in [6.45, 7) is -2.14. The van der Waals surface area contributed by atoms with Crippen LogP contribution in [0.2, 0.25) is 0 Å². The molecule has 2 aromatic rings. The first kappa shape index (κ1) is 24.5. The summed E-state index contributed by atoms with van der Waals surface area (Å²) < 4.78 is 88.7. The van der Waals surface area contributed by atoms with Crippen LogP contribution in [0.4, 0.5) is 32.0 Å². The molecule has 0 aliphatic rings. The topological polar surface area (TPSA) is 89.7 Å². The molecule has 2 rings (SSSR count). The highest BCUT2D eigenvalue weighted by Crippen LogP contribution is 2.32. The Balaban J connectivity index is 2.47. The highest BCUT2D eigenvalue weighted by Gasteiger charge is 2.31. The minimum absolute atomic E-state index is 0.0910. The first-order valence-electron chi connectivity index (χ1n) is 8.63. The predicted octanol–water partition coefficient (Wildman–Crippen LogP) is 5.90. The van der Waals surface area contributed by atoms with Gasteiger partial charge in [-0.15, -0.1) is 18.3 Å². The Hall–Kier alpha value is -3.77. The smallest absolute Gasteiger partial charge is 0.505 e. The molecule has 0 bridgehead atoms. The number of carbonyl (C=O) groups is 1. The van der Waals surface area contributed by atoms with E-state index in [0.717, 1.165) is 42.5 Å². The summed E-state index contributed by atoms with van der Waals surface area (Å²) in [4.78, 5) is 12.2. The second kappa shape index (κ2) is 10.5. The molecule has 0 fully saturated rings. The fraction of sp³-hybridized carbons (Fsp3) is 0.211. The molecule has 1 N–H and O–H groups in total. The van der Waals surface area contributed by atoms with Gasteiger partial charge in [-0.05, 0) is 43.3 Å². The SMILES string of the molecule is CCOC(=O)C(N=Nc1ccc(OC(F)(F)F)cc1)=C(O)c1c(F)cccc1OC(F)F. The number of benzene rings is 2. The molecule has 0 saturated carbocycles. The molecule has 0 aliphatic heterocycles. The van der Waals surface area contributed by atoms with Gasteiger partial charge in [0.2, 0.25) is 5.70 Å². The summed E-state index contributed by atoms with van der Waals surface area (Å²) in [5.74, 6) is -5.05. The lowest BCUT2D eigenvalue weighted by Gasteiger charge is -2.12. The molecule has 32 heavy (non-hydrogen) atoms. The van der Waals surface area contributed by atoms with Crippen molar-refractivity contribution in [2.24, 2.45) is 10.2 Å². The van der Waals surface area contributed by atoms with Crippen LogP contribution in [-0.2, 0) is 9.53 Å². The van der Waals surface area contributed by atoms with Crippen molar-refractivity contribution in [3.05, 3.63) is 59.5 Å². The second-order valence-corrected chi connectivity index (χ2v) is 5.65. The maximum absolute atomic E-state index is 14.3. The fourth-order valence-corrected chi connectivity index (χ4v) is 2.25. The van der Waals surface area contributed by atoms with Gasteiger partial charge in [0.05, 0.1) is 17.9 Å². The van der Waals surface area contributed by atoms with Gasteiger partial charge in [-0.3, -0.25) is 0 Å². The van der Waals surface area contributed by atoms with E-state index in [1.807, 2.05) is 0 Å². The van der Waals surface area contributed by atoms with E-state index in [1.54, 1.807) is 0 Å². The number of aliphatic hydroxyl groups is 1. The molecule has 0 atom stereocenters. The van der Waals surface area contributed by atoms with Crippen molar-refractivity contribution in [3.63, 3.8) is 0 Å². The Bertz CT molecular complexity index is 1010. The van der Waals surface area contributed by atoms with Gasteiger partial charge in [-0.1, -0.05) is 6.07 Å². The van der Waals surface area contributed by atoms with Crippen LogP contribution in [-0.4, -0.2) is 30.7 Å². The molecule has 2 aromatic carbocycles. The van der Waals surface area contributed by atoms with Gasteiger partial charge in [-0.25, -0.2) is 9.18 Å². The zero-order chi connectivity index (χ0) is 23.9. The first-order chi connectivity index (χ1) is 15.0. The monoisotopic (exact) mass is 464 g/mol. The average molecular weight is 464 g/mol. The van der Waals surface area contributed by atoms with Crippen LogP contribution in [0.3, 0.4) is 0 Å². The molecule has 0 spiro atoms. The maximum Gasteiger partial charge on any atom is 0.573 e. The third-order valence-corrected chi connectivity index (χ3v) is 3.46. The normalized spacial score (nSPS) is 12.6. The van der Waals surface area contributed by atoms with Gasteiger partial charge in [-0.2, -0.15) is 13.9 Å². The van der Waals surface area contributed by atoms with Crippen molar-refractivity contribution in [1.82, 2.24) is 0 Å². The molecule has 0 unspecified atom stereocenters. The first-order valence-corrected chi connectivity index (χ1v) is 8.63. The summed E-state index contributed by atoms with van der Waals surface area (Å²) in [5, 5.41) is 17.5. The van der Waals surface area contributed by atoms with Gasteiger partial charge < -0.3 is 19.3 Å². The maximum atomic E-state index is 14.3. The van der Waals surface area contributed by atoms with E-state index in [1.165, 1.54) is 6.92 Å². The number of nitrogens with zero attached hydrogens (tertiary/aromatic N) is 2. The van der Waals surface area contributed by atoms with Crippen LogP contribution < -0.4 is 9.47 Å². The van der Waals surface area contributed by atoms with Crippen LogP contribution in [0.5, 0.6) is 11.5 Å². The van der Waals surface area contributed by atoms with Gasteiger partial charge in [0.25, 0.3) is 0 Å². The molecule has 0 aromatic heterocycles. The molecule has 7 nitrogen and oxygen atoms in total. The number of ether oxygens (including phenoxy) is 3. The lowest BCUT2D eigenvalue weighted by molar-refractivity contribution is -0.274.